The maximum atomic E-state index is 6.21. The summed E-state index contributed by atoms with van der Waals surface area (Å²) in [6.45, 7) is 2.00. The van der Waals surface area contributed by atoms with Gasteiger partial charge in [-0.3, -0.25) is 5.84 Å². The molecule has 0 aliphatic carbocycles. The Balaban J connectivity index is 2.49. The van der Waals surface area contributed by atoms with Crippen LogP contribution >= 0.6 is 23.2 Å². The number of nitrogens with one attached hydrogen (secondary N) is 1. The summed E-state index contributed by atoms with van der Waals surface area (Å²) in [7, 11) is 0. The second-order valence-electron chi connectivity index (χ2n) is 4.12. The molecule has 0 aromatic heterocycles. The van der Waals surface area contributed by atoms with Crippen molar-refractivity contribution >= 4 is 23.2 Å². The van der Waals surface area contributed by atoms with E-state index in [1.165, 1.54) is 0 Å². The van der Waals surface area contributed by atoms with E-state index in [0.29, 0.717) is 10.0 Å². The lowest BCUT2D eigenvalue weighted by Crippen LogP contribution is -2.29. The maximum Gasteiger partial charge on any atom is 0.0727 e. The highest BCUT2D eigenvalue weighted by Gasteiger charge is 2.17. The Kier molecular flexibility index (Phi) is 4.25. The average molecular weight is 281 g/mol. The van der Waals surface area contributed by atoms with Crippen molar-refractivity contribution in [3.05, 3.63) is 69.2 Å². The highest BCUT2D eigenvalue weighted by molar-refractivity contribution is 6.31. The molecule has 0 bridgehead atoms. The monoisotopic (exact) mass is 280 g/mol. The van der Waals surface area contributed by atoms with Gasteiger partial charge in [-0.1, -0.05) is 47.5 Å². The molecule has 0 aliphatic rings. The van der Waals surface area contributed by atoms with E-state index in [9.17, 15) is 0 Å². The fraction of sp³-hybridized carbons (Fsp3) is 0.143. The van der Waals surface area contributed by atoms with Crippen molar-refractivity contribution in [3.63, 3.8) is 0 Å². The minimum absolute atomic E-state index is 0.143. The zero-order valence-corrected chi connectivity index (χ0v) is 11.5. The summed E-state index contributed by atoms with van der Waals surface area (Å²) >= 11 is 12.2. The third-order valence-corrected chi connectivity index (χ3v) is 3.51. The van der Waals surface area contributed by atoms with Crippen LogP contribution in [0, 0.1) is 6.92 Å². The van der Waals surface area contributed by atoms with E-state index in [1.807, 2.05) is 49.4 Å². The molecule has 2 rings (SSSR count). The second kappa shape index (κ2) is 5.72. The topological polar surface area (TPSA) is 38.0 Å². The van der Waals surface area contributed by atoms with Crippen LogP contribution in [0.5, 0.6) is 0 Å². The van der Waals surface area contributed by atoms with E-state index in [2.05, 4.69) is 5.43 Å². The van der Waals surface area contributed by atoms with E-state index in [4.69, 9.17) is 29.0 Å². The van der Waals surface area contributed by atoms with Crippen molar-refractivity contribution in [2.24, 2.45) is 5.84 Å². The Morgan fingerprint density at radius 3 is 2.39 bits per heavy atom. The molecular formula is C14H14Cl2N2. The molecule has 0 amide bonds. The first-order valence-corrected chi connectivity index (χ1v) is 6.35. The fourth-order valence-corrected chi connectivity index (χ4v) is 2.49. The Morgan fingerprint density at radius 1 is 1.06 bits per heavy atom. The Hall–Kier alpha value is -1.06. The summed E-state index contributed by atoms with van der Waals surface area (Å²) < 4.78 is 0. The lowest BCUT2D eigenvalue weighted by atomic mass is 9.95. The molecular weight excluding hydrogens is 267 g/mol. The number of hydrogen-bond acceptors (Lipinski definition) is 2. The lowest BCUT2D eigenvalue weighted by Gasteiger charge is -2.20. The SMILES string of the molecule is Cc1cc(Cl)ccc1C(NN)c1ccccc1Cl. The van der Waals surface area contributed by atoms with Crippen molar-refractivity contribution in [1.82, 2.24) is 5.43 Å². The second-order valence-corrected chi connectivity index (χ2v) is 4.97. The van der Waals surface area contributed by atoms with Gasteiger partial charge in [0.2, 0.25) is 0 Å². The van der Waals surface area contributed by atoms with Crippen molar-refractivity contribution in [2.45, 2.75) is 13.0 Å². The summed E-state index contributed by atoms with van der Waals surface area (Å²) in [5.74, 6) is 5.67. The molecule has 0 aliphatic heterocycles. The molecule has 2 nitrogen and oxygen atoms in total. The van der Waals surface area contributed by atoms with Crippen molar-refractivity contribution in [2.75, 3.05) is 0 Å². The molecule has 0 spiro atoms. The maximum absolute atomic E-state index is 6.21. The zero-order valence-electron chi connectivity index (χ0n) is 9.95. The normalized spacial score (nSPS) is 12.4. The summed E-state index contributed by atoms with van der Waals surface area (Å²) in [5, 5.41) is 1.40. The van der Waals surface area contributed by atoms with Gasteiger partial charge in [-0.25, -0.2) is 5.43 Å². The van der Waals surface area contributed by atoms with Gasteiger partial charge in [-0.05, 0) is 41.8 Å². The molecule has 2 aromatic carbocycles. The van der Waals surface area contributed by atoms with E-state index in [-0.39, 0.29) is 6.04 Å². The number of aryl methyl sites for hydroxylation is 1. The lowest BCUT2D eigenvalue weighted by molar-refractivity contribution is 0.634. The van der Waals surface area contributed by atoms with Gasteiger partial charge in [0, 0.05) is 10.0 Å². The number of nitrogens with two attached hydrogens (primary N) is 1. The zero-order chi connectivity index (χ0) is 13.1. The summed E-state index contributed by atoms with van der Waals surface area (Å²) in [4.78, 5) is 0. The Labute approximate surface area is 117 Å². The van der Waals surface area contributed by atoms with Crippen LogP contribution in [0.4, 0.5) is 0 Å². The predicted octanol–water partition coefficient (Wildman–Crippen LogP) is 3.85. The van der Waals surface area contributed by atoms with Crippen LogP contribution in [0.2, 0.25) is 10.0 Å². The smallest absolute Gasteiger partial charge is 0.0727 e. The minimum atomic E-state index is -0.143. The van der Waals surface area contributed by atoms with Crippen LogP contribution in [0.15, 0.2) is 42.5 Å². The molecule has 0 radical (unpaired) electrons. The van der Waals surface area contributed by atoms with Crippen LogP contribution in [-0.4, -0.2) is 0 Å². The molecule has 4 heteroatoms. The van der Waals surface area contributed by atoms with Gasteiger partial charge in [0.25, 0.3) is 0 Å². The van der Waals surface area contributed by atoms with Crippen LogP contribution in [0.3, 0.4) is 0 Å². The average Bonchev–Trinajstić information content (AvgIpc) is 2.34. The first-order valence-electron chi connectivity index (χ1n) is 5.60. The van der Waals surface area contributed by atoms with Gasteiger partial charge in [0.15, 0.2) is 0 Å². The van der Waals surface area contributed by atoms with E-state index in [1.54, 1.807) is 0 Å². The minimum Gasteiger partial charge on any atom is -0.271 e. The van der Waals surface area contributed by atoms with E-state index >= 15 is 0 Å². The number of hydrogen-bond donors (Lipinski definition) is 2. The quantitative estimate of drug-likeness (QED) is 0.662. The van der Waals surface area contributed by atoms with Crippen molar-refractivity contribution in [1.29, 1.82) is 0 Å². The third-order valence-electron chi connectivity index (χ3n) is 2.93. The summed E-state index contributed by atoms with van der Waals surface area (Å²) in [6.07, 6.45) is 0. The first kappa shape index (κ1) is 13.4. The molecule has 0 saturated carbocycles. The molecule has 2 aromatic rings. The van der Waals surface area contributed by atoms with Crippen LogP contribution < -0.4 is 11.3 Å². The largest absolute Gasteiger partial charge is 0.271 e. The fourth-order valence-electron chi connectivity index (χ4n) is 2.02. The molecule has 0 fully saturated rings. The highest BCUT2D eigenvalue weighted by Crippen LogP contribution is 2.30. The third kappa shape index (κ3) is 2.68. The van der Waals surface area contributed by atoms with Crippen molar-refractivity contribution in [3.8, 4) is 0 Å². The number of benzene rings is 2. The van der Waals surface area contributed by atoms with Gasteiger partial charge in [0.05, 0.1) is 6.04 Å². The first-order chi connectivity index (χ1) is 8.63. The number of hydrazine groups is 1. The molecule has 1 unspecified atom stereocenters. The predicted molar refractivity (Wildman–Crippen MR) is 76.8 cm³/mol. The molecule has 1 atom stereocenters. The van der Waals surface area contributed by atoms with Gasteiger partial charge in [-0.2, -0.15) is 0 Å². The van der Waals surface area contributed by atoms with Gasteiger partial charge in [-0.15, -0.1) is 0 Å². The molecule has 94 valence electrons. The van der Waals surface area contributed by atoms with Gasteiger partial charge in [0.1, 0.15) is 0 Å². The Morgan fingerprint density at radius 2 is 1.78 bits per heavy atom. The number of rotatable bonds is 3. The van der Waals surface area contributed by atoms with Crippen LogP contribution in [0.1, 0.15) is 22.7 Å². The summed E-state index contributed by atoms with van der Waals surface area (Å²) in [5.41, 5.74) is 5.90. The van der Waals surface area contributed by atoms with Gasteiger partial charge < -0.3 is 0 Å². The van der Waals surface area contributed by atoms with Gasteiger partial charge >= 0.3 is 0 Å². The summed E-state index contributed by atoms with van der Waals surface area (Å²) in [6, 6.07) is 13.2. The van der Waals surface area contributed by atoms with Crippen LogP contribution in [0.25, 0.3) is 0 Å². The molecule has 18 heavy (non-hydrogen) atoms. The van der Waals surface area contributed by atoms with Crippen LogP contribution in [-0.2, 0) is 0 Å². The molecule has 3 N–H and O–H groups in total. The number of halogens is 2. The molecule has 0 saturated heterocycles. The van der Waals surface area contributed by atoms with E-state index < -0.39 is 0 Å². The van der Waals surface area contributed by atoms with Crippen molar-refractivity contribution < 1.29 is 0 Å². The van der Waals surface area contributed by atoms with E-state index in [0.717, 1.165) is 16.7 Å². The highest BCUT2D eigenvalue weighted by atomic mass is 35.5. The Bertz CT molecular complexity index is 555. The molecule has 0 heterocycles. The standard InChI is InChI=1S/C14H14Cl2N2/c1-9-8-10(15)6-7-11(9)14(18-17)12-4-2-3-5-13(12)16/h2-8,14,18H,17H2,1H3.